The number of piperidine rings is 1. The fourth-order valence-corrected chi connectivity index (χ4v) is 3.45. The summed E-state index contributed by atoms with van der Waals surface area (Å²) >= 11 is 0. The number of carbonyl (C=O) groups excluding carboxylic acids is 1. The number of pyridine rings is 1. The third kappa shape index (κ3) is 2.82. The van der Waals surface area contributed by atoms with Crippen LogP contribution in [0.1, 0.15) is 47.1 Å². The van der Waals surface area contributed by atoms with Crippen LogP contribution in [-0.4, -0.2) is 36.9 Å². The molecular formula is C18H19N5O2. The first kappa shape index (κ1) is 15.6. The van der Waals surface area contributed by atoms with Crippen LogP contribution in [0.3, 0.4) is 0 Å². The predicted molar refractivity (Wildman–Crippen MR) is 92.4 cm³/mol. The summed E-state index contributed by atoms with van der Waals surface area (Å²) in [5.41, 5.74) is 2.54. The van der Waals surface area contributed by atoms with E-state index in [9.17, 15) is 9.59 Å². The Kier molecular flexibility index (Phi) is 3.83. The van der Waals surface area contributed by atoms with Crippen LogP contribution < -0.4 is 5.56 Å². The lowest BCUT2D eigenvalue weighted by molar-refractivity contribution is 0.0605. The van der Waals surface area contributed by atoms with Crippen molar-refractivity contribution in [2.24, 2.45) is 0 Å². The molecule has 1 unspecified atom stereocenters. The number of aromatic amines is 1. The van der Waals surface area contributed by atoms with Crippen molar-refractivity contribution in [3.63, 3.8) is 0 Å². The molecule has 7 heteroatoms. The van der Waals surface area contributed by atoms with E-state index in [1.54, 1.807) is 31.5 Å². The average Bonchev–Trinajstić information content (AvgIpc) is 3.06. The molecule has 25 heavy (non-hydrogen) atoms. The van der Waals surface area contributed by atoms with Crippen LogP contribution in [0.25, 0.3) is 5.65 Å². The molecule has 7 nitrogen and oxygen atoms in total. The topological polar surface area (TPSA) is 83.4 Å². The van der Waals surface area contributed by atoms with Crippen LogP contribution >= 0.6 is 0 Å². The lowest BCUT2D eigenvalue weighted by Gasteiger charge is -2.35. The zero-order valence-electron chi connectivity index (χ0n) is 14.0. The maximum atomic E-state index is 12.9. The third-order valence-corrected chi connectivity index (χ3v) is 4.63. The SMILES string of the molecule is Cc1cc(=O)n2[nH]c(C3CCCCN3C(=O)c3cccnc3)cc2n1. The summed E-state index contributed by atoms with van der Waals surface area (Å²) in [5.74, 6) is -0.0343. The molecule has 3 aromatic rings. The van der Waals surface area contributed by atoms with Crippen molar-refractivity contribution >= 4 is 11.6 Å². The lowest BCUT2D eigenvalue weighted by Crippen LogP contribution is -2.38. The van der Waals surface area contributed by atoms with Crippen LogP contribution in [0.2, 0.25) is 0 Å². The number of nitrogens with one attached hydrogen (secondary N) is 1. The number of carbonyl (C=O) groups is 1. The fourth-order valence-electron chi connectivity index (χ4n) is 3.45. The minimum Gasteiger partial charge on any atom is -0.330 e. The molecule has 0 bridgehead atoms. The number of aromatic nitrogens is 4. The van der Waals surface area contributed by atoms with E-state index in [1.165, 1.54) is 10.6 Å². The Morgan fingerprint density at radius 1 is 1.32 bits per heavy atom. The molecule has 1 fully saturated rings. The molecule has 0 radical (unpaired) electrons. The standard InChI is InChI=1S/C18H19N5O2/c1-12-9-17(24)23-16(20-12)10-14(21-23)15-6-2-3-8-22(15)18(25)13-5-4-7-19-11-13/h4-5,7,9-11,15,21H,2-3,6,8H2,1H3. The van der Waals surface area contributed by atoms with Crippen molar-refractivity contribution in [3.05, 3.63) is 64.0 Å². The molecule has 3 aromatic heterocycles. The van der Waals surface area contributed by atoms with Gasteiger partial charge in [-0.1, -0.05) is 0 Å². The molecule has 1 atom stereocenters. The quantitative estimate of drug-likeness (QED) is 0.776. The second-order valence-electron chi connectivity index (χ2n) is 6.39. The zero-order chi connectivity index (χ0) is 17.4. The van der Waals surface area contributed by atoms with Gasteiger partial charge < -0.3 is 4.90 Å². The van der Waals surface area contributed by atoms with E-state index in [0.717, 1.165) is 25.0 Å². The molecule has 4 rings (SSSR count). The van der Waals surface area contributed by atoms with Gasteiger partial charge in [-0.3, -0.25) is 19.7 Å². The molecule has 0 saturated carbocycles. The summed E-state index contributed by atoms with van der Waals surface area (Å²) in [4.78, 5) is 35.3. The van der Waals surface area contributed by atoms with Crippen molar-refractivity contribution in [1.82, 2.24) is 24.5 Å². The van der Waals surface area contributed by atoms with Gasteiger partial charge in [0.1, 0.15) is 0 Å². The first-order valence-corrected chi connectivity index (χ1v) is 8.44. The molecular weight excluding hydrogens is 318 g/mol. The highest BCUT2D eigenvalue weighted by Gasteiger charge is 2.30. The molecule has 0 aromatic carbocycles. The third-order valence-electron chi connectivity index (χ3n) is 4.63. The lowest BCUT2D eigenvalue weighted by atomic mass is 9.98. The molecule has 1 aliphatic heterocycles. The van der Waals surface area contributed by atoms with Crippen molar-refractivity contribution in [1.29, 1.82) is 0 Å². The largest absolute Gasteiger partial charge is 0.330 e. The van der Waals surface area contributed by atoms with Gasteiger partial charge in [-0.2, -0.15) is 0 Å². The number of nitrogens with zero attached hydrogens (tertiary/aromatic N) is 4. The molecule has 1 amide bonds. The van der Waals surface area contributed by atoms with Gasteiger partial charge in [-0.05, 0) is 38.3 Å². The molecule has 1 saturated heterocycles. The first-order valence-electron chi connectivity index (χ1n) is 8.44. The minimum atomic E-state index is -0.144. The molecule has 0 spiro atoms. The highest BCUT2D eigenvalue weighted by Crippen LogP contribution is 2.31. The van der Waals surface area contributed by atoms with Gasteiger partial charge in [0, 0.05) is 36.8 Å². The van der Waals surface area contributed by atoms with E-state index in [2.05, 4.69) is 15.1 Å². The van der Waals surface area contributed by atoms with Gasteiger partial charge in [0.25, 0.3) is 11.5 Å². The normalized spacial score (nSPS) is 17.8. The van der Waals surface area contributed by atoms with E-state index in [0.29, 0.717) is 23.4 Å². The maximum Gasteiger partial charge on any atom is 0.272 e. The fraction of sp³-hybridized carbons (Fsp3) is 0.333. The van der Waals surface area contributed by atoms with Gasteiger partial charge in [0.15, 0.2) is 5.65 Å². The van der Waals surface area contributed by atoms with Gasteiger partial charge >= 0.3 is 0 Å². The van der Waals surface area contributed by atoms with Crippen LogP contribution in [0.5, 0.6) is 0 Å². The summed E-state index contributed by atoms with van der Waals surface area (Å²) in [6.45, 7) is 2.49. The Labute approximate surface area is 144 Å². The Morgan fingerprint density at radius 3 is 3.00 bits per heavy atom. The summed E-state index contributed by atoms with van der Waals surface area (Å²) in [6.07, 6.45) is 6.11. The van der Waals surface area contributed by atoms with Gasteiger partial charge in [-0.15, -0.1) is 0 Å². The van der Waals surface area contributed by atoms with Gasteiger partial charge in [-0.25, -0.2) is 9.50 Å². The minimum absolute atomic E-state index is 0.0343. The zero-order valence-corrected chi connectivity index (χ0v) is 14.0. The number of hydrogen-bond acceptors (Lipinski definition) is 4. The number of H-pyrrole nitrogens is 1. The maximum absolute atomic E-state index is 12.9. The number of fused-ring (bicyclic) bond motifs is 1. The number of likely N-dealkylation sites (tertiary alicyclic amines) is 1. The van der Waals surface area contributed by atoms with E-state index >= 15 is 0 Å². The van der Waals surface area contributed by atoms with Crippen molar-refractivity contribution in [2.75, 3.05) is 6.54 Å². The summed E-state index contributed by atoms with van der Waals surface area (Å²) in [7, 11) is 0. The summed E-state index contributed by atoms with van der Waals surface area (Å²) in [5, 5.41) is 3.13. The Hall–Kier alpha value is -2.96. The number of hydrogen-bond donors (Lipinski definition) is 1. The van der Waals surface area contributed by atoms with Crippen molar-refractivity contribution in [2.45, 2.75) is 32.2 Å². The van der Waals surface area contributed by atoms with Crippen LogP contribution in [-0.2, 0) is 0 Å². The van der Waals surface area contributed by atoms with Crippen molar-refractivity contribution < 1.29 is 4.79 Å². The Morgan fingerprint density at radius 2 is 2.20 bits per heavy atom. The Bertz CT molecular complexity index is 976. The van der Waals surface area contributed by atoms with E-state index < -0.39 is 0 Å². The van der Waals surface area contributed by atoms with Crippen molar-refractivity contribution in [3.8, 4) is 0 Å². The van der Waals surface area contributed by atoms with Gasteiger partial charge in [0.05, 0.1) is 17.3 Å². The highest BCUT2D eigenvalue weighted by molar-refractivity contribution is 5.94. The van der Waals surface area contributed by atoms with Crippen LogP contribution in [0.15, 0.2) is 41.5 Å². The number of amides is 1. The average molecular weight is 337 g/mol. The second kappa shape index (κ2) is 6.16. The first-order chi connectivity index (χ1) is 12.1. The van der Waals surface area contributed by atoms with Crippen LogP contribution in [0, 0.1) is 6.92 Å². The monoisotopic (exact) mass is 337 g/mol. The molecule has 4 heterocycles. The summed E-state index contributed by atoms with van der Waals surface area (Å²) < 4.78 is 1.43. The van der Waals surface area contributed by atoms with E-state index in [1.807, 2.05) is 11.0 Å². The molecule has 0 aliphatic carbocycles. The second-order valence-corrected chi connectivity index (χ2v) is 6.39. The highest BCUT2D eigenvalue weighted by atomic mass is 16.2. The number of aryl methyl sites for hydroxylation is 1. The smallest absolute Gasteiger partial charge is 0.272 e. The van der Waals surface area contributed by atoms with Crippen LogP contribution in [0.4, 0.5) is 0 Å². The molecule has 128 valence electrons. The number of rotatable bonds is 2. The summed E-state index contributed by atoms with van der Waals surface area (Å²) in [6, 6.07) is 6.81. The van der Waals surface area contributed by atoms with Gasteiger partial charge in [0.2, 0.25) is 0 Å². The molecule has 1 N–H and O–H groups in total. The predicted octanol–water partition coefficient (Wildman–Crippen LogP) is 2.09. The Balaban J connectivity index is 1.73. The molecule has 1 aliphatic rings. The van der Waals surface area contributed by atoms with E-state index in [-0.39, 0.29) is 17.5 Å². The van der Waals surface area contributed by atoms with E-state index in [4.69, 9.17) is 0 Å².